The minimum Gasteiger partial charge on any atom is -0.379 e. The van der Waals surface area contributed by atoms with Crippen LogP contribution in [0.15, 0.2) is 0 Å². The molecule has 3 aliphatic heterocycles. The summed E-state index contributed by atoms with van der Waals surface area (Å²) >= 11 is 0. The Kier molecular flexibility index (Phi) is 5.41. The molecule has 0 aromatic heterocycles. The molecule has 0 spiro atoms. The van der Waals surface area contributed by atoms with E-state index in [1.54, 1.807) is 0 Å². The van der Waals surface area contributed by atoms with Crippen molar-refractivity contribution in [3.8, 4) is 0 Å². The predicted octanol–water partition coefficient (Wildman–Crippen LogP) is 0.210. The second kappa shape index (κ2) is 7.27. The van der Waals surface area contributed by atoms with E-state index in [4.69, 9.17) is 14.2 Å². The summed E-state index contributed by atoms with van der Waals surface area (Å²) < 4.78 is 24.4. The molecular formula is C12H24N3O3P. The topological polar surface area (TPSA) is 37.4 Å². The second-order valence-corrected chi connectivity index (χ2v) is 7.20. The maximum absolute atomic E-state index is 5.51. The van der Waals surface area contributed by atoms with Gasteiger partial charge in [-0.3, -0.25) is 14.0 Å². The average molecular weight is 289 g/mol. The van der Waals surface area contributed by atoms with Gasteiger partial charge in [-0.2, -0.15) is 0 Å². The molecule has 19 heavy (non-hydrogen) atoms. The molecule has 3 rings (SSSR count). The van der Waals surface area contributed by atoms with Crippen molar-refractivity contribution >= 4 is 8.37 Å². The Morgan fingerprint density at radius 3 is 1.00 bits per heavy atom. The van der Waals surface area contributed by atoms with E-state index in [9.17, 15) is 0 Å². The summed E-state index contributed by atoms with van der Waals surface area (Å²) in [5, 5.41) is 0. The zero-order valence-electron chi connectivity index (χ0n) is 11.5. The third-order valence-corrected chi connectivity index (χ3v) is 6.44. The lowest BCUT2D eigenvalue weighted by molar-refractivity contribution is 0.0401. The van der Waals surface area contributed by atoms with Crippen LogP contribution >= 0.6 is 8.37 Å². The Morgan fingerprint density at radius 1 is 0.474 bits per heavy atom. The molecule has 3 heterocycles. The Morgan fingerprint density at radius 2 is 0.737 bits per heavy atom. The first-order valence-electron chi connectivity index (χ1n) is 7.23. The van der Waals surface area contributed by atoms with Crippen LogP contribution in [0.2, 0.25) is 0 Å². The SMILES string of the molecule is C1CN(P(N2CCOCC2)N2CCOCC2)CCO1. The van der Waals surface area contributed by atoms with Crippen molar-refractivity contribution < 1.29 is 14.2 Å². The third-order valence-electron chi connectivity index (χ3n) is 3.72. The lowest BCUT2D eigenvalue weighted by Gasteiger charge is -2.47. The van der Waals surface area contributed by atoms with Crippen LogP contribution in [0, 0.1) is 0 Å². The monoisotopic (exact) mass is 289 g/mol. The van der Waals surface area contributed by atoms with Gasteiger partial charge in [0.05, 0.1) is 39.6 Å². The molecule has 3 saturated heterocycles. The van der Waals surface area contributed by atoms with Crippen molar-refractivity contribution in [3.05, 3.63) is 0 Å². The summed E-state index contributed by atoms with van der Waals surface area (Å²) in [5.74, 6) is 0. The van der Waals surface area contributed by atoms with E-state index in [0.29, 0.717) is 0 Å². The van der Waals surface area contributed by atoms with E-state index in [2.05, 4.69) is 14.0 Å². The molecule has 3 fully saturated rings. The first-order chi connectivity index (χ1) is 9.45. The maximum atomic E-state index is 5.51. The standard InChI is InChI=1S/C12H24N3O3P/c1-7-16-8-2-13(1)19(14-3-9-17-10-4-14)15-5-11-18-12-6-15/h1-12H2. The second-order valence-electron chi connectivity index (χ2n) is 4.97. The fourth-order valence-electron chi connectivity index (χ4n) is 2.73. The molecule has 0 unspecified atom stereocenters. The zero-order chi connectivity index (χ0) is 12.9. The van der Waals surface area contributed by atoms with E-state index in [1.165, 1.54) is 0 Å². The van der Waals surface area contributed by atoms with Crippen molar-refractivity contribution in [3.63, 3.8) is 0 Å². The molecule has 0 aromatic rings. The quantitative estimate of drug-likeness (QED) is 0.692. The molecule has 3 aliphatic rings. The number of hydrogen-bond donors (Lipinski definition) is 0. The van der Waals surface area contributed by atoms with Crippen LogP contribution in [0.1, 0.15) is 0 Å². The van der Waals surface area contributed by atoms with E-state index in [1.807, 2.05) is 0 Å². The van der Waals surface area contributed by atoms with E-state index in [-0.39, 0.29) is 8.37 Å². The summed E-state index contributed by atoms with van der Waals surface area (Å²) in [4.78, 5) is 0. The van der Waals surface area contributed by atoms with Gasteiger partial charge < -0.3 is 14.2 Å². The van der Waals surface area contributed by atoms with Crippen LogP contribution in [-0.4, -0.2) is 92.9 Å². The normalized spacial score (nSPS) is 28.9. The fraction of sp³-hybridized carbons (Fsp3) is 1.00. The number of rotatable bonds is 3. The van der Waals surface area contributed by atoms with Gasteiger partial charge in [-0.15, -0.1) is 0 Å². The number of ether oxygens (including phenoxy) is 3. The van der Waals surface area contributed by atoms with Crippen molar-refractivity contribution in [2.24, 2.45) is 0 Å². The highest BCUT2D eigenvalue weighted by Crippen LogP contribution is 2.48. The van der Waals surface area contributed by atoms with Crippen molar-refractivity contribution in [2.45, 2.75) is 0 Å². The highest BCUT2D eigenvalue weighted by Gasteiger charge is 2.34. The molecule has 0 saturated carbocycles. The molecule has 0 amide bonds. The first kappa shape index (κ1) is 14.1. The number of morpholine rings is 3. The molecule has 0 aromatic carbocycles. The van der Waals surface area contributed by atoms with E-state index < -0.39 is 0 Å². The first-order valence-corrected chi connectivity index (χ1v) is 8.43. The molecule has 110 valence electrons. The minimum atomic E-state index is -0.355. The van der Waals surface area contributed by atoms with Crippen molar-refractivity contribution in [2.75, 3.05) is 78.9 Å². The smallest absolute Gasteiger partial charge is 0.120 e. The maximum Gasteiger partial charge on any atom is 0.120 e. The van der Waals surface area contributed by atoms with Gasteiger partial charge in [-0.05, 0) is 0 Å². The zero-order valence-corrected chi connectivity index (χ0v) is 12.4. The summed E-state index contributed by atoms with van der Waals surface area (Å²) in [7, 11) is -0.355. The Hall–Kier alpha value is 0.190. The summed E-state index contributed by atoms with van der Waals surface area (Å²) in [6.07, 6.45) is 0. The van der Waals surface area contributed by atoms with Crippen molar-refractivity contribution in [1.29, 1.82) is 0 Å². The molecule has 0 aliphatic carbocycles. The third kappa shape index (κ3) is 3.64. The van der Waals surface area contributed by atoms with Crippen LogP contribution < -0.4 is 0 Å². The van der Waals surface area contributed by atoms with Gasteiger partial charge in [0.15, 0.2) is 0 Å². The van der Waals surface area contributed by atoms with Gasteiger partial charge in [0, 0.05) is 39.3 Å². The van der Waals surface area contributed by atoms with Crippen LogP contribution in [0.3, 0.4) is 0 Å². The molecule has 0 N–H and O–H groups in total. The molecule has 0 atom stereocenters. The number of hydrogen-bond acceptors (Lipinski definition) is 6. The van der Waals surface area contributed by atoms with Gasteiger partial charge in [0.2, 0.25) is 0 Å². The highest BCUT2D eigenvalue weighted by molar-refractivity contribution is 7.50. The van der Waals surface area contributed by atoms with Gasteiger partial charge in [-0.1, -0.05) is 0 Å². The Balaban J connectivity index is 1.68. The van der Waals surface area contributed by atoms with Crippen molar-refractivity contribution in [1.82, 2.24) is 14.0 Å². The van der Waals surface area contributed by atoms with E-state index >= 15 is 0 Å². The van der Waals surface area contributed by atoms with Gasteiger partial charge in [0.25, 0.3) is 0 Å². The molecular weight excluding hydrogens is 265 g/mol. The average Bonchev–Trinajstić information content (AvgIpc) is 2.51. The fourth-order valence-corrected chi connectivity index (χ4v) is 5.37. The van der Waals surface area contributed by atoms with Crippen LogP contribution in [-0.2, 0) is 14.2 Å². The van der Waals surface area contributed by atoms with Gasteiger partial charge in [-0.25, -0.2) is 0 Å². The van der Waals surface area contributed by atoms with Gasteiger partial charge in [0.1, 0.15) is 8.37 Å². The molecule has 6 nitrogen and oxygen atoms in total. The largest absolute Gasteiger partial charge is 0.379 e. The summed E-state index contributed by atoms with van der Waals surface area (Å²) in [6.45, 7) is 11.5. The van der Waals surface area contributed by atoms with Crippen LogP contribution in [0.4, 0.5) is 0 Å². The van der Waals surface area contributed by atoms with Crippen LogP contribution in [0.5, 0.6) is 0 Å². The lowest BCUT2D eigenvalue weighted by atomic mass is 10.5. The molecule has 0 radical (unpaired) electrons. The molecule has 0 bridgehead atoms. The molecule has 7 heteroatoms. The summed E-state index contributed by atoms with van der Waals surface area (Å²) in [5.41, 5.74) is 0. The highest BCUT2D eigenvalue weighted by atomic mass is 31.2. The Bertz CT molecular complexity index is 224. The predicted molar refractivity (Wildman–Crippen MR) is 74.1 cm³/mol. The number of nitrogens with zero attached hydrogens (tertiary/aromatic N) is 3. The summed E-state index contributed by atoms with van der Waals surface area (Å²) in [6, 6.07) is 0. The lowest BCUT2D eigenvalue weighted by Crippen LogP contribution is -2.48. The van der Waals surface area contributed by atoms with Crippen LogP contribution in [0.25, 0.3) is 0 Å². The van der Waals surface area contributed by atoms with Gasteiger partial charge >= 0.3 is 0 Å². The van der Waals surface area contributed by atoms with E-state index in [0.717, 1.165) is 78.9 Å². The minimum absolute atomic E-state index is 0.355. The Labute approximate surface area is 116 Å².